The maximum Gasteiger partial charge on any atom is 0.494 e. The third-order valence-corrected chi connectivity index (χ3v) is 17.5. The fraction of sp³-hybridized carbons (Fsp3) is 0.0886. The third kappa shape index (κ3) is 9.81. The fourth-order valence-electron chi connectivity index (χ4n) is 12.3. The van der Waals surface area contributed by atoms with Gasteiger partial charge in [-0.2, -0.15) is 0 Å². The number of rotatable bonds is 8. The molecule has 0 amide bonds. The average Bonchev–Trinajstić information content (AvgIpc) is 1.11. The Morgan fingerprint density at radius 2 is 0.600 bits per heavy atom. The molecule has 17 rings (SSSR count). The van der Waals surface area contributed by atoms with Crippen LogP contribution in [0.1, 0.15) is 35.1 Å². The van der Waals surface area contributed by atoms with E-state index in [2.05, 4.69) is 125 Å². The van der Waals surface area contributed by atoms with E-state index in [1.807, 2.05) is 164 Å². The summed E-state index contributed by atoms with van der Waals surface area (Å²) in [7, 11) is -0.474. The maximum absolute atomic E-state index is 6.44. The van der Waals surface area contributed by atoms with Crippen molar-refractivity contribution in [3.63, 3.8) is 0 Å². The third-order valence-electron chi connectivity index (χ3n) is 17.5. The molecule has 5 heterocycles. The molecule has 1 fully saturated rings. The lowest BCUT2D eigenvalue weighted by atomic mass is 9.78. The van der Waals surface area contributed by atoms with E-state index in [4.69, 9.17) is 48.0 Å². The summed E-state index contributed by atoms with van der Waals surface area (Å²) in [5, 5.41) is 11.5. The van der Waals surface area contributed by atoms with Gasteiger partial charge in [-0.3, -0.25) is 0 Å². The monoisotopic (exact) mass is 1170 g/mol. The van der Waals surface area contributed by atoms with Gasteiger partial charge < -0.3 is 18.1 Å². The highest BCUT2D eigenvalue weighted by molar-refractivity contribution is 6.62. The van der Waals surface area contributed by atoms with Crippen molar-refractivity contribution in [3.05, 3.63) is 261 Å². The van der Waals surface area contributed by atoms with E-state index in [0.29, 0.717) is 34.9 Å². The summed E-state index contributed by atoms with van der Waals surface area (Å²) in [6.07, 6.45) is 0. The van der Waals surface area contributed by atoms with Crippen molar-refractivity contribution in [1.82, 2.24) is 29.9 Å². The zero-order valence-corrected chi connectivity index (χ0v) is 49.2. The van der Waals surface area contributed by atoms with Crippen LogP contribution in [0.4, 0.5) is 0 Å². The van der Waals surface area contributed by atoms with Gasteiger partial charge in [-0.05, 0) is 113 Å². The molecule has 0 atom stereocenters. The molecular formula is C79H59BN6O4. The smallest absolute Gasteiger partial charge is 0.456 e. The normalized spacial score (nSPS) is 13.5. The maximum atomic E-state index is 6.44. The summed E-state index contributed by atoms with van der Waals surface area (Å²) in [5.74, 6) is 3.69. The quantitative estimate of drug-likeness (QED) is 0.107. The predicted molar refractivity (Wildman–Crippen MR) is 367 cm³/mol. The number of nitrogens with zero attached hydrogens (tertiary/aromatic N) is 6. The second-order valence-electron chi connectivity index (χ2n) is 23.5. The van der Waals surface area contributed by atoms with Crippen LogP contribution in [0.25, 0.3) is 156 Å². The molecule has 0 unspecified atom stereocenters. The highest BCUT2D eigenvalue weighted by atomic mass is 16.7. The molecule has 90 heavy (non-hydrogen) atoms. The molecule has 432 valence electrons. The van der Waals surface area contributed by atoms with Crippen molar-refractivity contribution < 1.29 is 18.1 Å². The van der Waals surface area contributed by atoms with Gasteiger partial charge in [0.15, 0.2) is 34.9 Å². The van der Waals surface area contributed by atoms with Crippen LogP contribution in [0.5, 0.6) is 0 Å². The summed E-state index contributed by atoms with van der Waals surface area (Å²) >= 11 is 0. The molecule has 0 N–H and O–H groups in total. The lowest BCUT2D eigenvalue weighted by Crippen LogP contribution is -2.41. The Balaban J connectivity index is 0.000000152. The van der Waals surface area contributed by atoms with Gasteiger partial charge >= 0.3 is 7.12 Å². The number of fused-ring (bicyclic) bond motifs is 12. The van der Waals surface area contributed by atoms with Crippen molar-refractivity contribution in [2.24, 2.45) is 0 Å². The number of hydrogen-bond acceptors (Lipinski definition) is 10. The van der Waals surface area contributed by atoms with Gasteiger partial charge in [0.1, 0.15) is 22.3 Å². The second kappa shape index (κ2) is 22.3. The van der Waals surface area contributed by atoms with E-state index in [-0.39, 0.29) is 7.43 Å². The Kier molecular flexibility index (Phi) is 13.8. The predicted octanol–water partition coefficient (Wildman–Crippen LogP) is 19.6. The van der Waals surface area contributed by atoms with E-state index in [0.717, 1.165) is 93.8 Å². The Morgan fingerprint density at radius 3 is 1.02 bits per heavy atom. The Labute approximate surface area is 520 Å². The first-order chi connectivity index (χ1) is 43.6. The largest absolute Gasteiger partial charge is 0.494 e. The summed E-state index contributed by atoms with van der Waals surface area (Å²) < 4.78 is 25.4. The molecular weight excluding hydrogens is 1110 g/mol. The first kappa shape index (κ1) is 55.6. The van der Waals surface area contributed by atoms with Gasteiger partial charge in [0.25, 0.3) is 0 Å². The highest BCUT2D eigenvalue weighted by Gasteiger charge is 2.51. The molecule has 0 radical (unpaired) electrons. The number of hydrogen-bond donors (Lipinski definition) is 0. The minimum Gasteiger partial charge on any atom is -0.456 e. The van der Waals surface area contributed by atoms with Crippen LogP contribution in [0.15, 0.2) is 270 Å². The van der Waals surface area contributed by atoms with Crippen LogP contribution >= 0.6 is 0 Å². The molecule has 0 aliphatic carbocycles. The van der Waals surface area contributed by atoms with Crippen molar-refractivity contribution in [1.29, 1.82) is 0 Å². The van der Waals surface area contributed by atoms with Gasteiger partial charge in [-0.1, -0.05) is 232 Å². The van der Waals surface area contributed by atoms with Crippen LogP contribution < -0.4 is 5.46 Å². The molecule has 1 aliphatic rings. The van der Waals surface area contributed by atoms with Crippen LogP contribution in [0, 0.1) is 0 Å². The van der Waals surface area contributed by atoms with E-state index >= 15 is 0 Å². The minimum absolute atomic E-state index is 0. The van der Waals surface area contributed by atoms with Crippen molar-refractivity contribution >= 4 is 88.8 Å². The van der Waals surface area contributed by atoms with Crippen molar-refractivity contribution in [3.8, 4) is 79.5 Å². The molecule has 4 aromatic heterocycles. The van der Waals surface area contributed by atoms with Crippen LogP contribution in [-0.2, 0) is 9.31 Å². The van der Waals surface area contributed by atoms with Crippen molar-refractivity contribution in [2.75, 3.05) is 0 Å². The second-order valence-corrected chi connectivity index (χ2v) is 23.5. The molecule has 10 nitrogen and oxygen atoms in total. The van der Waals surface area contributed by atoms with Crippen molar-refractivity contribution in [2.45, 2.75) is 46.3 Å². The fourth-order valence-corrected chi connectivity index (χ4v) is 12.3. The van der Waals surface area contributed by atoms with Crippen LogP contribution in [-0.4, -0.2) is 48.2 Å². The van der Waals surface area contributed by atoms with Gasteiger partial charge in [-0.15, -0.1) is 0 Å². The summed E-state index contributed by atoms with van der Waals surface area (Å²) in [6, 6.07) is 89.0. The Morgan fingerprint density at radius 1 is 0.267 bits per heavy atom. The summed E-state index contributed by atoms with van der Waals surface area (Å²) in [4.78, 5) is 29.7. The lowest BCUT2D eigenvalue weighted by molar-refractivity contribution is 0.00578. The highest BCUT2D eigenvalue weighted by Crippen LogP contribution is 2.43. The zero-order valence-electron chi connectivity index (χ0n) is 49.2. The summed E-state index contributed by atoms with van der Waals surface area (Å²) in [5.41, 5.74) is 11.0. The molecule has 1 aliphatic heterocycles. The van der Waals surface area contributed by atoms with Crippen LogP contribution in [0.2, 0.25) is 0 Å². The van der Waals surface area contributed by atoms with E-state index in [1.54, 1.807) is 0 Å². The molecule has 11 heteroatoms. The summed E-state index contributed by atoms with van der Waals surface area (Å²) in [6.45, 7) is 8.25. The molecule has 12 aromatic carbocycles. The molecule has 16 aromatic rings. The topological polar surface area (TPSA) is 122 Å². The average molecular weight is 1170 g/mol. The minimum atomic E-state index is -0.474. The standard InChI is InChI=1S/C45H27N3O.C33H28BN3O3.CH4/c1-3-12-28(13-4-1)43-46-44(29-14-5-2-6-15-29)48-45(47-43)37-20-11-21-41-42(37)39-27-31(23-25-40(39)49-41)30-22-24-36-34-18-8-7-16-32(34)33-17-9-10-19-35(33)38(36)26-30;1-32(2)33(3,4)40-34(39-32)23-18-19-26-25(20-23)28-24(16-11-17-27(28)38-26)31-36-29(21-12-7-5-8-13-21)35-30(37-31)22-14-9-6-10-15-22;/h1-27H;5-20H,1-4H3;1H4. The Hall–Kier alpha value is -11.0. The SMILES string of the molecule is C.CC1(C)OB(c2ccc3oc4cccc(-c5nc(-c6ccccc6)nc(-c6ccccc6)n5)c4c3c2)OC1(C)C.c1ccc(-c2nc(-c3ccccc3)nc(-c3cccc4oc5ccc(-c6ccc7c8ccccc8c8ccccc8c7c6)cc5c34)n2)cc1. The van der Waals surface area contributed by atoms with Gasteiger partial charge in [0.05, 0.1) is 11.2 Å². The number of benzene rings is 12. The van der Waals surface area contributed by atoms with E-state index in [1.165, 1.54) is 32.3 Å². The van der Waals surface area contributed by atoms with E-state index < -0.39 is 18.3 Å². The van der Waals surface area contributed by atoms with Gasteiger partial charge in [0.2, 0.25) is 0 Å². The zero-order chi connectivity index (χ0) is 59.8. The van der Waals surface area contributed by atoms with Gasteiger partial charge in [0, 0.05) is 54.9 Å². The van der Waals surface area contributed by atoms with Gasteiger partial charge in [-0.25, -0.2) is 29.9 Å². The first-order valence-electron chi connectivity index (χ1n) is 29.9. The molecule has 1 saturated heterocycles. The van der Waals surface area contributed by atoms with Crippen LogP contribution in [0.3, 0.4) is 0 Å². The Bertz CT molecular complexity index is 5240. The number of aromatic nitrogens is 6. The first-order valence-corrected chi connectivity index (χ1v) is 29.9. The molecule has 0 saturated carbocycles. The lowest BCUT2D eigenvalue weighted by Gasteiger charge is -2.32. The number of furan rings is 2. The molecule has 0 bridgehead atoms. The van der Waals surface area contributed by atoms with E-state index in [9.17, 15) is 0 Å². The molecule has 0 spiro atoms.